The molecule has 0 radical (unpaired) electrons. The second kappa shape index (κ2) is 7.77. The smallest absolute Gasteiger partial charge is 0.125 e. The molecule has 0 amide bonds. The summed E-state index contributed by atoms with van der Waals surface area (Å²) in [4.78, 5) is 7.23. The third-order valence-electron chi connectivity index (χ3n) is 4.55. The zero-order valence-corrected chi connectivity index (χ0v) is 14.9. The minimum absolute atomic E-state index is 0.191. The summed E-state index contributed by atoms with van der Waals surface area (Å²) in [7, 11) is 0. The standard InChI is InChI=1S/C18H21N3O.C2H6/c1-13-4-5-15-16(11-13)22-12-14-3-2-6-20-17(14)18(15)21-9-7-19-8-10-21;1-2/h2-6,11,18-19H,7-10,12H2,1H3;1-2H3. The Labute approximate surface area is 144 Å². The van der Waals surface area contributed by atoms with E-state index in [1.807, 2.05) is 26.1 Å². The van der Waals surface area contributed by atoms with E-state index in [0.717, 1.165) is 37.6 Å². The zero-order valence-electron chi connectivity index (χ0n) is 14.9. The number of piperazine rings is 1. The summed E-state index contributed by atoms with van der Waals surface area (Å²) in [6.45, 7) is 10.8. The molecular formula is C20H27N3O. The number of benzene rings is 1. The Morgan fingerprint density at radius 3 is 2.75 bits per heavy atom. The Morgan fingerprint density at radius 2 is 1.96 bits per heavy atom. The van der Waals surface area contributed by atoms with Gasteiger partial charge in [-0.2, -0.15) is 0 Å². The van der Waals surface area contributed by atoms with Crippen LogP contribution in [0.4, 0.5) is 0 Å². The molecule has 0 saturated carbocycles. The zero-order chi connectivity index (χ0) is 16.9. The number of fused-ring (bicyclic) bond motifs is 2. The second-order valence-electron chi connectivity index (χ2n) is 6.07. The third-order valence-corrected chi connectivity index (χ3v) is 4.55. The summed E-state index contributed by atoms with van der Waals surface area (Å²) in [5.74, 6) is 1.00. The molecule has 4 heteroatoms. The van der Waals surface area contributed by atoms with Crippen LogP contribution in [0.2, 0.25) is 0 Å². The van der Waals surface area contributed by atoms with Crippen molar-refractivity contribution in [3.8, 4) is 5.75 Å². The molecule has 1 fully saturated rings. The van der Waals surface area contributed by atoms with Crippen molar-refractivity contribution in [3.05, 3.63) is 58.9 Å². The van der Waals surface area contributed by atoms with Crippen LogP contribution in [0.1, 0.15) is 42.3 Å². The van der Waals surface area contributed by atoms with Gasteiger partial charge in [-0.3, -0.25) is 9.88 Å². The number of aryl methyl sites for hydroxylation is 1. The van der Waals surface area contributed by atoms with Crippen molar-refractivity contribution in [1.82, 2.24) is 15.2 Å². The number of rotatable bonds is 1. The number of aromatic nitrogens is 1. The van der Waals surface area contributed by atoms with E-state index in [2.05, 4.69) is 41.4 Å². The molecule has 4 rings (SSSR count). The second-order valence-corrected chi connectivity index (χ2v) is 6.07. The van der Waals surface area contributed by atoms with Crippen molar-refractivity contribution in [2.75, 3.05) is 26.2 Å². The number of nitrogens with one attached hydrogen (secondary N) is 1. The maximum Gasteiger partial charge on any atom is 0.125 e. The molecule has 1 atom stereocenters. The van der Waals surface area contributed by atoms with Gasteiger partial charge in [0.2, 0.25) is 0 Å². The van der Waals surface area contributed by atoms with Gasteiger partial charge in [0.25, 0.3) is 0 Å². The summed E-state index contributed by atoms with van der Waals surface area (Å²) in [6, 6.07) is 10.9. The average molecular weight is 325 g/mol. The molecule has 0 bridgehead atoms. The number of hydrogen-bond donors (Lipinski definition) is 1. The van der Waals surface area contributed by atoms with E-state index in [-0.39, 0.29) is 6.04 Å². The van der Waals surface area contributed by atoms with Crippen LogP contribution in [0.3, 0.4) is 0 Å². The van der Waals surface area contributed by atoms with Gasteiger partial charge >= 0.3 is 0 Å². The first kappa shape index (κ1) is 16.9. The molecule has 1 aromatic carbocycles. The van der Waals surface area contributed by atoms with Crippen LogP contribution in [0.15, 0.2) is 36.5 Å². The van der Waals surface area contributed by atoms with Crippen LogP contribution in [0.5, 0.6) is 5.75 Å². The molecule has 1 unspecified atom stereocenters. The van der Waals surface area contributed by atoms with E-state index in [0.29, 0.717) is 6.61 Å². The highest BCUT2D eigenvalue weighted by Crippen LogP contribution is 2.39. The van der Waals surface area contributed by atoms with Crippen molar-refractivity contribution in [1.29, 1.82) is 0 Å². The van der Waals surface area contributed by atoms with Crippen molar-refractivity contribution in [2.45, 2.75) is 33.4 Å². The maximum atomic E-state index is 6.09. The lowest BCUT2D eigenvalue weighted by molar-refractivity contribution is 0.194. The topological polar surface area (TPSA) is 37.4 Å². The molecule has 3 heterocycles. The van der Waals surface area contributed by atoms with Gasteiger partial charge in [0.15, 0.2) is 0 Å². The number of hydrogen-bond acceptors (Lipinski definition) is 4. The maximum absolute atomic E-state index is 6.09. The first-order chi connectivity index (χ1) is 11.8. The van der Waals surface area contributed by atoms with Crippen molar-refractivity contribution >= 4 is 0 Å². The third kappa shape index (κ3) is 3.30. The van der Waals surface area contributed by atoms with Gasteiger partial charge in [-0.15, -0.1) is 0 Å². The molecule has 128 valence electrons. The van der Waals surface area contributed by atoms with E-state index in [4.69, 9.17) is 9.72 Å². The minimum Gasteiger partial charge on any atom is -0.488 e. The fraction of sp³-hybridized carbons (Fsp3) is 0.450. The Hall–Kier alpha value is -1.91. The molecule has 4 nitrogen and oxygen atoms in total. The van der Waals surface area contributed by atoms with E-state index >= 15 is 0 Å². The Balaban J connectivity index is 0.000000815. The van der Waals surface area contributed by atoms with Crippen LogP contribution < -0.4 is 10.1 Å². The monoisotopic (exact) mass is 325 g/mol. The number of nitrogens with zero attached hydrogens (tertiary/aromatic N) is 2. The van der Waals surface area contributed by atoms with Gasteiger partial charge in [-0.25, -0.2) is 0 Å². The quantitative estimate of drug-likeness (QED) is 0.873. The highest BCUT2D eigenvalue weighted by molar-refractivity contribution is 5.46. The lowest BCUT2D eigenvalue weighted by atomic mass is 9.96. The average Bonchev–Trinajstić information content (AvgIpc) is 2.81. The van der Waals surface area contributed by atoms with E-state index in [1.54, 1.807) is 0 Å². The van der Waals surface area contributed by atoms with E-state index < -0.39 is 0 Å². The fourth-order valence-electron chi connectivity index (χ4n) is 3.42. The molecule has 2 aromatic rings. The Kier molecular flexibility index (Phi) is 5.48. The highest BCUT2D eigenvalue weighted by atomic mass is 16.5. The molecule has 0 aliphatic carbocycles. The summed E-state index contributed by atoms with van der Waals surface area (Å²) in [6.07, 6.45) is 1.90. The first-order valence-electron chi connectivity index (χ1n) is 8.95. The summed E-state index contributed by atoms with van der Waals surface area (Å²) in [5.41, 5.74) is 4.81. The lowest BCUT2D eigenvalue weighted by Crippen LogP contribution is -2.45. The fourth-order valence-corrected chi connectivity index (χ4v) is 3.42. The van der Waals surface area contributed by atoms with Crippen LogP contribution >= 0.6 is 0 Å². The molecule has 1 aromatic heterocycles. The molecule has 0 spiro atoms. The van der Waals surface area contributed by atoms with Crippen molar-refractivity contribution < 1.29 is 4.74 Å². The molecule has 24 heavy (non-hydrogen) atoms. The Bertz CT molecular complexity index is 680. The predicted octanol–water partition coefficient (Wildman–Crippen LogP) is 3.30. The molecule has 1 N–H and O–H groups in total. The van der Waals surface area contributed by atoms with Gasteiger partial charge in [0, 0.05) is 43.5 Å². The normalized spacial score (nSPS) is 19.9. The van der Waals surface area contributed by atoms with Crippen LogP contribution in [-0.4, -0.2) is 36.1 Å². The van der Waals surface area contributed by atoms with Crippen LogP contribution in [-0.2, 0) is 6.61 Å². The molecule has 2 aliphatic rings. The summed E-state index contributed by atoms with van der Waals surface area (Å²) in [5, 5.41) is 3.43. The van der Waals surface area contributed by atoms with Crippen LogP contribution in [0, 0.1) is 6.92 Å². The van der Waals surface area contributed by atoms with Crippen molar-refractivity contribution in [2.24, 2.45) is 0 Å². The van der Waals surface area contributed by atoms with Crippen molar-refractivity contribution in [3.63, 3.8) is 0 Å². The van der Waals surface area contributed by atoms with Gasteiger partial charge < -0.3 is 10.1 Å². The minimum atomic E-state index is 0.191. The van der Waals surface area contributed by atoms with Gasteiger partial charge in [0.05, 0.1) is 11.7 Å². The molecule has 2 aliphatic heterocycles. The largest absolute Gasteiger partial charge is 0.488 e. The number of pyridine rings is 1. The van der Waals surface area contributed by atoms with E-state index in [1.165, 1.54) is 16.7 Å². The SMILES string of the molecule is CC.Cc1ccc2c(c1)OCc1cccnc1C2N1CCNCC1. The summed E-state index contributed by atoms with van der Waals surface area (Å²) < 4.78 is 6.09. The summed E-state index contributed by atoms with van der Waals surface area (Å²) >= 11 is 0. The lowest BCUT2D eigenvalue weighted by Gasteiger charge is -2.35. The molecule has 1 saturated heterocycles. The van der Waals surface area contributed by atoms with Gasteiger partial charge in [-0.1, -0.05) is 32.0 Å². The Morgan fingerprint density at radius 1 is 1.17 bits per heavy atom. The predicted molar refractivity (Wildman–Crippen MR) is 97.4 cm³/mol. The first-order valence-corrected chi connectivity index (χ1v) is 8.95. The molecular weight excluding hydrogens is 298 g/mol. The highest BCUT2D eigenvalue weighted by Gasteiger charge is 2.31. The van der Waals surface area contributed by atoms with E-state index in [9.17, 15) is 0 Å². The van der Waals surface area contributed by atoms with Gasteiger partial charge in [0.1, 0.15) is 12.4 Å². The number of ether oxygens (including phenoxy) is 1. The van der Waals surface area contributed by atoms with Crippen LogP contribution in [0.25, 0.3) is 0 Å². The van der Waals surface area contributed by atoms with Gasteiger partial charge in [-0.05, 0) is 24.6 Å².